The molecule has 0 atom stereocenters. The van der Waals surface area contributed by atoms with Crippen molar-refractivity contribution in [3.05, 3.63) is 29.1 Å². The summed E-state index contributed by atoms with van der Waals surface area (Å²) in [6, 6.07) is 1.43. The number of aliphatic hydroxyl groups is 1. The normalized spacial score (nSPS) is 11.8. The summed E-state index contributed by atoms with van der Waals surface area (Å²) >= 11 is 0. The predicted molar refractivity (Wildman–Crippen MR) is 39.9 cm³/mol. The van der Waals surface area contributed by atoms with Crippen molar-refractivity contribution < 1.29 is 18.3 Å². The second-order valence-electron chi connectivity index (χ2n) is 2.61. The first-order valence-electron chi connectivity index (χ1n) is 3.59. The maximum atomic E-state index is 12.2. The van der Waals surface area contributed by atoms with Crippen LogP contribution in [0.1, 0.15) is 16.8 Å². The van der Waals surface area contributed by atoms with Crippen molar-refractivity contribution in [2.24, 2.45) is 0 Å². The molecule has 72 valence electrons. The largest absolute Gasteiger partial charge is 0.433 e. The fourth-order valence-electron chi connectivity index (χ4n) is 1.03. The highest BCUT2D eigenvalue weighted by Gasteiger charge is 2.35. The van der Waals surface area contributed by atoms with Gasteiger partial charge in [-0.1, -0.05) is 0 Å². The Hall–Kier alpha value is -1.10. The molecule has 0 saturated heterocycles. The number of halogens is 3. The number of aryl methyl sites for hydroxylation is 1. The van der Waals surface area contributed by atoms with E-state index in [4.69, 9.17) is 5.11 Å². The van der Waals surface area contributed by atoms with Gasteiger partial charge in [0.15, 0.2) is 0 Å². The fourth-order valence-corrected chi connectivity index (χ4v) is 1.03. The predicted octanol–water partition coefficient (Wildman–Crippen LogP) is 1.90. The summed E-state index contributed by atoms with van der Waals surface area (Å²) in [7, 11) is 0. The van der Waals surface area contributed by atoms with Gasteiger partial charge in [0, 0.05) is 11.8 Å². The molecule has 0 fully saturated rings. The van der Waals surface area contributed by atoms with Crippen molar-refractivity contribution >= 4 is 0 Å². The summed E-state index contributed by atoms with van der Waals surface area (Å²) in [6.45, 7) is 0.858. The minimum absolute atomic E-state index is 0.157. The molecule has 1 N–H and O–H groups in total. The lowest BCUT2D eigenvalue weighted by atomic mass is 10.1. The van der Waals surface area contributed by atoms with Crippen molar-refractivity contribution in [2.45, 2.75) is 19.7 Å². The maximum absolute atomic E-state index is 12.2. The Kier molecular flexibility index (Phi) is 2.56. The van der Waals surface area contributed by atoms with E-state index in [1.807, 2.05) is 0 Å². The van der Waals surface area contributed by atoms with E-state index in [9.17, 15) is 13.2 Å². The summed E-state index contributed by atoms with van der Waals surface area (Å²) in [5.41, 5.74) is -0.769. The van der Waals surface area contributed by atoms with E-state index in [2.05, 4.69) is 4.98 Å². The zero-order valence-electron chi connectivity index (χ0n) is 6.89. The monoisotopic (exact) mass is 191 g/mol. The Morgan fingerprint density at radius 2 is 2.08 bits per heavy atom. The molecular weight excluding hydrogens is 183 g/mol. The van der Waals surface area contributed by atoms with Gasteiger partial charge >= 0.3 is 6.18 Å². The van der Waals surface area contributed by atoms with Crippen LogP contribution in [0.4, 0.5) is 13.2 Å². The van der Waals surface area contributed by atoms with Gasteiger partial charge < -0.3 is 5.11 Å². The lowest BCUT2D eigenvalue weighted by Gasteiger charge is -2.11. The van der Waals surface area contributed by atoms with E-state index in [1.54, 1.807) is 0 Å². The summed E-state index contributed by atoms with van der Waals surface area (Å²) < 4.78 is 36.7. The van der Waals surface area contributed by atoms with E-state index >= 15 is 0 Å². The summed E-state index contributed by atoms with van der Waals surface area (Å²) in [4.78, 5) is 3.20. The number of aliphatic hydroxyl groups excluding tert-OH is 1. The number of nitrogens with zero attached hydrogens (tertiary/aromatic N) is 1. The van der Waals surface area contributed by atoms with Gasteiger partial charge in [0.25, 0.3) is 0 Å². The van der Waals surface area contributed by atoms with Gasteiger partial charge in [-0.3, -0.25) is 4.98 Å². The molecule has 0 saturated carbocycles. The summed E-state index contributed by atoms with van der Waals surface area (Å²) in [5.74, 6) is 0. The zero-order chi connectivity index (χ0) is 10.1. The van der Waals surface area contributed by atoms with Crippen LogP contribution < -0.4 is 0 Å². The van der Waals surface area contributed by atoms with E-state index < -0.39 is 18.5 Å². The van der Waals surface area contributed by atoms with Gasteiger partial charge in [-0.2, -0.15) is 13.2 Å². The minimum Gasteiger partial charge on any atom is -0.392 e. The van der Waals surface area contributed by atoms with Crippen LogP contribution in [0, 0.1) is 6.92 Å². The van der Waals surface area contributed by atoms with Gasteiger partial charge in [-0.25, -0.2) is 0 Å². The molecule has 13 heavy (non-hydrogen) atoms. The topological polar surface area (TPSA) is 33.1 Å². The van der Waals surface area contributed by atoms with Crippen LogP contribution in [0.3, 0.4) is 0 Å². The second-order valence-corrected chi connectivity index (χ2v) is 2.61. The molecule has 5 heteroatoms. The van der Waals surface area contributed by atoms with Crippen LogP contribution >= 0.6 is 0 Å². The lowest BCUT2D eigenvalue weighted by molar-refractivity contribution is -0.142. The van der Waals surface area contributed by atoms with Gasteiger partial charge in [0.2, 0.25) is 0 Å². The lowest BCUT2D eigenvalue weighted by Crippen LogP contribution is -2.13. The number of aromatic nitrogens is 1. The van der Waals surface area contributed by atoms with Crippen LogP contribution in [0.2, 0.25) is 0 Å². The van der Waals surface area contributed by atoms with Crippen molar-refractivity contribution in [1.29, 1.82) is 0 Å². The van der Waals surface area contributed by atoms with Crippen LogP contribution in [0.25, 0.3) is 0 Å². The van der Waals surface area contributed by atoms with Crippen molar-refractivity contribution in [2.75, 3.05) is 0 Å². The van der Waals surface area contributed by atoms with Crippen LogP contribution in [-0.2, 0) is 12.8 Å². The summed E-state index contributed by atoms with van der Waals surface area (Å²) in [6.07, 6.45) is -3.42. The second kappa shape index (κ2) is 3.33. The number of hydrogen-bond donors (Lipinski definition) is 1. The molecule has 0 unspecified atom stereocenters. The number of hydrogen-bond acceptors (Lipinski definition) is 2. The maximum Gasteiger partial charge on any atom is 0.433 e. The minimum atomic E-state index is -4.50. The highest BCUT2D eigenvalue weighted by Crippen LogP contribution is 2.31. The average Bonchev–Trinajstić information content (AvgIpc) is 2.02. The molecule has 0 bridgehead atoms. The molecule has 0 aliphatic rings. The van der Waals surface area contributed by atoms with E-state index in [0.717, 1.165) is 6.20 Å². The van der Waals surface area contributed by atoms with Crippen LogP contribution in [0.5, 0.6) is 0 Å². The third-order valence-corrected chi connectivity index (χ3v) is 1.72. The molecule has 1 aromatic heterocycles. The molecule has 1 aromatic rings. The molecular formula is C8H8F3NO. The van der Waals surface area contributed by atoms with E-state index in [-0.39, 0.29) is 5.56 Å². The molecule has 0 aliphatic carbocycles. The Balaban J connectivity index is 3.29. The molecule has 0 spiro atoms. The Bertz CT molecular complexity index is 309. The highest BCUT2D eigenvalue weighted by molar-refractivity contribution is 5.29. The van der Waals surface area contributed by atoms with Crippen LogP contribution in [-0.4, -0.2) is 10.1 Å². The average molecular weight is 191 g/mol. The number of rotatable bonds is 1. The van der Waals surface area contributed by atoms with Gasteiger partial charge in [-0.15, -0.1) is 0 Å². The fraction of sp³-hybridized carbons (Fsp3) is 0.375. The molecule has 0 aliphatic heterocycles. The van der Waals surface area contributed by atoms with Crippen molar-refractivity contribution in [3.8, 4) is 0 Å². The number of pyridine rings is 1. The first-order valence-corrected chi connectivity index (χ1v) is 3.59. The smallest absolute Gasteiger partial charge is 0.392 e. The first kappa shape index (κ1) is 9.98. The molecule has 1 heterocycles. The van der Waals surface area contributed by atoms with E-state index in [0.29, 0.717) is 5.56 Å². The van der Waals surface area contributed by atoms with E-state index in [1.165, 1.54) is 13.0 Å². The Morgan fingerprint density at radius 1 is 1.46 bits per heavy atom. The third-order valence-electron chi connectivity index (χ3n) is 1.72. The quantitative estimate of drug-likeness (QED) is 0.735. The molecule has 2 nitrogen and oxygen atoms in total. The van der Waals surface area contributed by atoms with Gasteiger partial charge in [0.1, 0.15) is 5.69 Å². The molecule has 1 rings (SSSR count). The van der Waals surface area contributed by atoms with Gasteiger partial charge in [-0.05, 0) is 18.6 Å². The zero-order valence-corrected chi connectivity index (χ0v) is 6.89. The standard InChI is InChI=1S/C8H8F3NO/c1-5-2-3-12-7(6(5)4-13)8(9,10)11/h2-3,13H,4H2,1H3. The van der Waals surface area contributed by atoms with Crippen LogP contribution in [0.15, 0.2) is 12.3 Å². The molecule has 0 amide bonds. The van der Waals surface area contributed by atoms with Crippen molar-refractivity contribution in [1.82, 2.24) is 4.98 Å². The molecule has 0 radical (unpaired) electrons. The number of alkyl halides is 3. The SMILES string of the molecule is Cc1ccnc(C(F)(F)F)c1CO. The summed E-state index contributed by atoms with van der Waals surface area (Å²) in [5, 5.41) is 8.72. The molecule has 0 aromatic carbocycles. The highest BCUT2D eigenvalue weighted by atomic mass is 19.4. The Morgan fingerprint density at radius 3 is 2.46 bits per heavy atom. The Labute approximate surface area is 73.0 Å². The third kappa shape index (κ3) is 1.98. The van der Waals surface area contributed by atoms with Gasteiger partial charge in [0.05, 0.1) is 6.61 Å². The first-order chi connectivity index (χ1) is 5.96. The van der Waals surface area contributed by atoms with Crippen molar-refractivity contribution in [3.63, 3.8) is 0 Å².